The normalized spacial score (nSPS) is 18.8. The number of nitrogen functional groups attached to an aromatic ring is 1. The number of carbonyl (C=O) groups is 1. The molecule has 0 spiro atoms. The van der Waals surface area contributed by atoms with Crippen LogP contribution in [0.15, 0.2) is 18.2 Å². The third kappa shape index (κ3) is 4.23. The van der Waals surface area contributed by atoms with Gasteiger partial charge in [-0.25, -0.2) is 0 Å². The molecule has 1 atom stereocenters. The molecule has 4 heteroatoms. The van der Waals surface area contributed by atoms with Crippen LogP contribution in [-0.2, 0) is 16.0 Å². The largest absolute Gasteiger partial charge is 0.398 e. The molecule has 0 aliphatic carbocycles. The van der Waals surface area contributed by atoms with Gasteiger partial charge in [0.15, 0.2) is 0 Å². The first-order valence-corrected chi connectivity index (χ1v) is 7.49. The zero-order valence-corrected chi connectivity index (χ0v) is 12.2. The van der Waals surface area contributed by atoms with E-state index >= 15 is 0 Å². The van der Waals surface area contributed by atoms with E-state index in [-0.39, 0.29) is 12.0 Å². The number of aryl methyl sites for hydroxylation is 1. The maximum absolute atomic E-state index is 11.9. The molecule has 110 valence electrons. The van der Waals surface area contributed by atoms with Gasteiger partial charge in [0.1, 0.15) is 0 Å². The Labute approximate surface area is 120 Å². The maximum Gasteiger partial charge on any atom is 0.224 e. The lowest BCUT2D eigenvalue weighted by molar-refractivity contribution is -0.117. The molecule has 2 rings (SSSR count). The topological polar surface area (TPSA) is 64.3 Å². The summed E-state index contributed by atoms with van der Waals surface area (Å²) < 4.78 is 5.63. The minimum Gasteiger partial charge on any atom is -0.398 e. The van der Waals surface area contributed by atoms with Gasteiger partial charge in [-0.05, 0) is 49.8 Å². The molecule has 1 aliphatic rings. The first-order valence-electron chi connectivity index (χ1n) is 7.49. The SMILES string of the molecule is CCc1ccc(NC(=O)CCC2CCCCO2)cc1N. The second kappa shape index (κ2) is 7.29. The minimum atomic E-state index is 0.0304. The van der Waals surface area contributed by atoms with Crippen LogP contribution in [-0.4, -0.2) is 18.6 Å². The number of rotatable bonds is 5. The molecule has 1 unspecified atom stereocenters. The fourth-order valence-electron chi connectivity index (χ4n) is 2.55. The molecular formula is C16H24N2O2. The Morgan fingerprint density at radius 1 is 1.45 bits per heavy atom. The standard InChI is InChI=1S/C16H24N2O2/c1-2-12-6-7-13(11-15(12)17)18-16(19)9-8-14-5-3-4-10-20-14/h6-7,11,14H,2-5,8-10,17H2,1H3,(H,18,19). The van der Waals surface area contributed by atoms with E-state index < -0.39 is 0 Å². The second-order valence-corrected chi connectivity index (χ2v) is 5.34. The molecule has 1 aromatic carbocycles. The number of hydrogen-bond donors (Lipinski definition) is 2. The summed E-state index contributed by atoms with van der Waals surface area (Å²) in [5.74, 6) is 0.0304. The first kappa shape index (κ1) is 14.9. The van der Waals surface area contributed by atoms with E-state index in [2.05, 4.69) is 12.2 Å². The summed E-state index contributed by atoms with van der Waals surface area (Å²) in [6, 6.07) is 5.70. The fourth-order valence-corrected chi connectivity index (χ4v) is 2.55. The lowest BCUT2D eigenvalue weighted by Crippen LogP contribution is -2.21. The molecule has 4 nitrogen and oxygen atoms in total. The Balaban J connectivity index is 1.80. The van der Waals surface area contributed by atoms with Crippen molar-refractivity contribution in [3.8, 4) is 0 Å². The van der Waals surface area contributed by atoms with Gasteiger partial charge >= 0.3 is 0 Å². The Morgan fingerprint density at radius 3 is 2.95 bits per heavy atom. The molecule has 1 saturated heterocycles. The molecule has 1 fully saturated rings. The van der Waals surface area contributed by atoms with E-state index in [4.69, 9.17) is 10.5 Å². The van der Waals surface area contributed by atoms with Crippen molar-refractivity contribution in [1.82, 2.24) is 0 Å². The van der Waals surface area contributed by atoms with Crippen molar-refractivity contribution in [3.05, 3.63) is 23.8 Å². The molecule has 1 amide bonds. The summed E-state index contributed by atoms with van der Waals surface area (Å²) >= 11 is 0. The van der Waals surface area contributed by atoms with E-state index in [1.807, 2.05) is 18.2 Å². The predicted octanol–water partition coefficient (Wildman–Crippen LogP) is 3.12. The summed E-state index contributed by atoms with van der Waals surface area (Å²) in [5.41, 5.74) is 8.55. The van der Waals surface area contributed by atoms with E-state index in [1.165, 1.54) is 6.42 Å². The number of nitrogens with two attached hydrogens (primary N) is 1. The van der Waals surface area contributed by atoms with Crippen LogP contribution in [0.1, 0.15) is 44.6 Å². The predicted molar refractivity (Wildman–Crippen MR) is 81.7 cm³/mol. The average molecular weight is 276 g/mol. The van der Waals surface area contributed by atoms with E-state index in [0.717, 1.165) is 49.2 Å². The Bertz CT molecular complexity index is 454. The lowest BCUT2D eigenvalue weighted by Gasteiger charge is -2.22. The summed E-state index contributed by atoms with van der Waals surface area (Å²) in [7, 11) is 0. The molecule has 3 N–H and O–H groups in total. The van der Waals surface area contributed by atoms with Crippen LogP contribution < -0.4 is 11.1 Å². The van der Waals surface area contributed by atoms with Crippen molar-refractivity contribution in [2.75, 3.05) is 17.7 Å². The van der Waals surface area contributed by atoms with E-state index in [1.54, 1.807) is 0 Å². The van der Waals surface area contributed by atoms with Gasteiger partial charge in [0.25, 0.3) is 0 Å². The highest BCUT2D eigenvalue weighted by Crippen LogP contribution is 2.20. The summed E-state index contributed by atoms with van der Waals surface area (Å²) in [6.45, 7) is 2.90. The van der Waals surface area contributed by atoms with Gasteiger partial charge in [0.2, 0.25) is 5.91 Å². The zero-order chi connectivity index (χ0) is 14.4. The fraction of sp³-hybridized carbons (Fsp3) is 0.562. The number of carbonyl (C=O) groups excluding carboxylic acids is 1. The van der Waals surface area contributed by atoms with Crippen LogP contribution in [0.2, 0.25) is 0 Å². The quantitative estimate of drug-likeness (QED) is 0.812. The smallest absolute Gasteiger partial charge is 0.224 e. The highest BCUT2D eigenvalue weighted by molar-refractivity contribution is 5.91. The third-order valence-electron chi connectivity index (χ3n) is 3.78. The molecule has 0 aromatic heterocycles. The number of anilines is 2. The number of nitrogens with one attached hydrogen (secondary N) is 1. The highest BCUT2D eigenvalue weighted by Gasteiger charge is 2.15. The van der Waals surface area contributed by atoms with Crippen molar-refractivity contribution in [3.63, 3.8) is 0 Å². The molecule has 1 heterocycles. The highest BCUT2D eigenvalue weighted by atomic mass is 16.5. The monoisotopic (exact) mass is 276 g/mol. The zero-order valence-electron chi connectivity index (χ0n) is 12.2. The Kier molecular flexibility index (Phi) is 5.41. The molecular weight excluding hydrogens is 252 g/mol. The second-order valence-electron chi connectivity index (χ2n) is 5.34. The number of amides is 1. The third-order valence-corrected chi connectivity index (χ3v) is 3.78. The van der Waals surface area contributed by atoms with Crippen molar-refractivity contribution < 1.29 is 9.53 Å². The van der Waals surface area contributed by atoms with Crippen LogP contribution in [0, 0.1) is 0 Å². The van der Waals surface area contributed by atoms with Gasteiger partial charge in [-0.3, -0.25) is 4.79 Å². The number of ether oxygens (including phenoxy) is 1. The molecule has 1 aromatic rings. The van der Waals surface area contributed by atoms with Crippen molar-refractivity contribution in [1.29, 1.82) is 0 Å². The number of hydrogen-bond acceptors (Lipinski definition) is 3. The van der Waals surface area contributed by atoms with Crippen LogP contribution in [0.5, 0.6) is 0 Å². The summed E-state index contributed by atoms with van der Waals surface area (Å²) in [4.78, 5) is 11.9. The summed E-state index contributed by atoms with van der Waals surface area (Å²) in [5, 5.41) is 2.90. The van der Waals surface area contributed by atoms with Crippen LogP contribution in [0.4, 0.5) is 11.4 Å². The van der Waals surface area contributed by atoms with Gasteiger partial charge < -0.3 is 15.8 Å². The van der Waals surface area contributed by atoms with Crippen molar-refractivity contribution in [2.45, 2.75) is 51.6 Å². The molecule has 20 heavy (non-hydrogen) atoms. The molecule has 1 aliphatic heterocycles. The number of benzene rings is 1. The summed E-state index contributed by atoms with van der Waals surface area (Å²) in [6.07, 6.45) is 5.88. The average Bonchev–Trinajstić information content (AvgIpc) is 2.46. The van der Waals surface area contributed by atoms with Gasteiger partial charge in [-0.1, -0.05) is 13.0 Å². The molecule has 0 radical (unpaired) electrons. The van der Waals surface area contributed by atoms with Gasteiger partial charge in [-0.15, -0.1) is 0 Å². The molecule has 0 saturated carbocycles. The van der Waals surface area contributed by atoms with Crippen molar-refractivity contribution >= 4 is 17.3 Å². The van der Waals surface area contributed by atoms with Gasteiger partial charge in [0.05, 0.1) is 6.10 Å². The van der Waals surface area contributed by atoms with Crippen LogP contribution in [0.25, 0.3) is 0 Å². The van der Waals surface area contributed by atoms with E-state index in [9.17, 15) is 4.79 Å². The van der Waals surface area contributed by atoms with Crippen molar-refractivity contribution in [2.24, 2.45) is 0 Å². The Hall–Kier alpha value is -1.55. The Morgan fingerprint density at radius 2 is 2.30 bits per heavy atom. The minimum absolute atomic E-state index is 0.0304. The van der Waals surface area contributed by atoms with Gasteiger partial charge in [-0.2, -0.15) is 0 Å². The van der Waals surface area contributed by atoms with Crippen LogP contribution in [0.3, 0.4) is 0 Å². The first-order chi connectivity index (χ1) is 9.69. The van der Waals surface area contributed by atoms with Crippen LogP contribution >= 0.6 is 0 Å². The van der Waals surface area contributed by atoms with E-state index in [0.29, 0.717) is 6.42 Å². The molecule has 0 bridgehead atoms. The lowest BCUT2D eigenvalue weighted by atomic mass is 10.0. The maximum atomic E-state index is 11.9. The van der Waals surface area contributed by atoms with Gasteiger partial charge in [0, 0.05) is 24.4 Å².